The number of ether oxygens (including phenoxy) is 1. The van der Waals surface area contributed by atoms with Gasteiger partial charge in [-0.15, -0.1) is 11.3 Å². The number of carbonyl (C=O) groups excluding carboxylic acids is 1. The van der Waals surface area contributed by atoms with Gasteiger partial charge in [0.05, 0.1) is 19.2 Å². The van der Waals surface area contributed by atoms with Gasteiger partial charge in [-0.1, -0.05) is 60.7 Å². The Balaban J connectivity index is 1.43. The first-order chi connectivity index (χ1) is 14.2. The van der Waals surface area contributed by atoms with Crippen LogP contribution in [0.3, 0.4) is 0 Å². The van der Waals surface area contributed by atoms with E-state index in [0.29, 0.717) is 0 Å². The summed E-state index contributed by atoms with van der Waals surface area (Å²) >= 11 is 1.62. The minimum atomic E-state index is -0.0812. The van der Waals surface area contributed by atoms with Crippen molar-refractivity contribution in [2.24, 2.45) is 0 Å². The first-order valence-electron chi connectivity index (χ1n) is 9.26. The highest BCUT2D eigenvalue weighted by Crippen LogP contribution is 2.29. The fourth-order valence-corrected chi connectivity index (χ4v) is 3.91. The lowest BCUT2D eigenvalue weighted by Gasteiger charge is -2.09. The Hall–Kier alpha value is -3.44. The van der Waals surface area contributed by atoms with E-state index in [-0.39, 0.29) is 12.3 Å². The van der Waals surface area contributed by atoms with Crippen LogP contribution >= 0.6 is 11.3 Å². The van der Waals surface area contributed by atoms with Crippen LogP contribution in [0.25, 0.3) is 21.8 Å². The molecule has 0 aliphatic rings. The number of benzene rings is 3. The Kier molecular flexibility index (Phi) is 5.68. The van der Waals surface area contributed by atoms with Crippen LogP contribution in [-0.4, -0.2) is 18.0 Å². The summed E-state index contributed by atoms with van der Waals surface area (Å²) in [7, 11) is 1.61. The maximum atomic E-state index is 12.4. The smallest absolute Gasteiger partial charge is 0.228 e. The van der Waals surface area contributed by atoms with Crippen molar-refractivity contribution in [3.8, 4) is 27.6 Å². The lowest BCUT2D eigenvalue weighted by Crippen LogP contribution is -2.14. The third-order valence-corrected chi connectivity index (χ3v) is 5.42. The molecule has 29 heavy (non-hydrogen) atoms. The minimum absolute atomic E-state index is 0.0812. The van der Waals surface area contributed by atoms with E-state index in [9.17, 15) is 4.79 Å². The predicted molar refractivity (Wildman–Crippen MR) is 118 cm³/mol. The number of thiazole rings is 1. The third-order valence-electron chi connectivity index (χ3n) is 4.53. The molecule has 0 fully saturated rings. The highest BCUT2D eigenvalue weighted by molar-refractivity contribution is 7.13. The van der Waals surface area contributed by atoms with Crippen LogP contribution in [0.2, 0.25) is 0 Å². The number of methoxy groups -OCH3 is 1. The number of carbonyl (C=O) groups is 1. The molecule has 5 heteroatoms. The van der Waals surface area contributed by atoms with Crippen molar-refractivity contribution in [2.45, 2.75) is 6.42 Å². The van der Waals surface area contributed by atoms with Crippen LogP contribution in [-0.2, 0) is 11.2 Å². The summed E-state index contributed by atoms with van der Waals surface area (Å²) < 4.78 is 5.31. The van der Waals surface area contributed by atoms with Crippen molar-refractivity contribution < 1.29 is 9.53 Å². The fourth-order valence-electron chi connectivity index (χ4n) is 3.07. The van der Waals surface area contributed by atoms with Crippen molar-refractivity contribution in [1.29, 1.82) is 0 Å². The Morgan fingerprint density at radius 1 is 0.931 bits per heavy atom. The molecule has 0 aliphatic heterocycles. The molecule has 1 amide bonds. The molecule has 0 saturated heterocycles. The van der Waals surface area contributed by atoms with E-state index in [0.717, 1.165) is 38.8 Å². The summed E-state index contributed by atoms with van der Waals surface area (Å²) in [6, 6.07) is 25.4. The number of hydrogen-bond donors (Lipinski definition) is 1. The molecule has 0 radical (unpaired) electrons. The molecule has 1 aromatic heterocycles. The molecular formula is C24H20N2O2S. The predicted octanol–water partition coefficient (Wildman–Crippen LogP) is 5.67. The van der Waals surface area contributed by atoms with Crippen molar-refractivity contribution in [3.63, 3.8) is 0 Å². The molecule has 1 heterocycles. The molecule has 0 spiro atoms. The molecular weight excluding hydrogens is 380 g/mol. The summed E-state index contributed by atoms with van der Waals surface area (Å²) in [5.41, 5.74) is 4.68. The summed E-state index contributed by atoms with van der Waals surface area (Å²) in [5, 5.41) is 5.99. The second-order valence-electron chi connectivity index (χ2n) is 6.52. The number of anilines is 1. The Labute approximate surface area is 173 Å². The SMILES string of the molecule is COc1ccccc1CC(=O)Nc1ccc(-c2csc(-c3ccccc3)n2)cc1. The molecule has 0 aliphatic carbocycles. The Morgan fingerprint density at radius 2 is 1.66 bits per heavy atom. The van der Waals surface area contributed by atoms with Gasteiger partial charge in [-0.05, 0) is 18.2 Å². The second kappa shape index (κ2) is 8.71. The number of nitrogens with one attached hydrogen (secondary N) is 1. The molecule has 3 aromatic carbocycles. The summed E-state index contributed by atoms with van der Waals surface area (Å²) in [5.74, 6) is 0.637. The first-order valence-corrected chi connectivity index (χ1v) is 10.1. The Morgan fingerprint density at radius 3 is 2.41 bits per heavy atom. The van der Waals surface area contributed by atoms with Gasteiger partial charge in [-0.25, -0.2) is 4.98 Å². The normalized spacial score (nSPS) is 10.5. The van der Waals surface area contributed by atoms with Gasteiger partial charge >= 0.3 is 0 Å². The van der Waals surface area contributed by atoms with Crippen LogP contribution in [0.15, 0.2) is 84.2 Å². The minimum Gasteiger partial charge on any atom is -0.496 e. The zero-order valence-electron chi connectivity index (χ0n) is 16.0. The molecule has 144 valence electrons. The highest BCUT2D eigenvalue weighted by Gasteiger charge is 2.10. The molecule has 0 saturated carbocycles. The number of aromatic nitrogens is 1. The van der Waals surface area contributed by atoms with Gasteiger partial charge in [0, 0.05) is 27.8 Å². The lowest BCUT2D eigenvalue weighted by molar-refractivity contribution is -0.115. The monoisotopic (exact) mass is 400 g/mol. The van der Waals surface area contributed by atoms with Crippen LogP contribution in [0, 0.1) is 0 Å². The van der Waals surface area contributed by atoms with E-state index in [1.165, 1.54) is 0 Å². The summed E-state index contributed by atoms with van der Waals surface area (Å²) in [6.07, 6.45) is 0.262. The highest BCUT2D eigenvalue weighted by atomic mass is 32.1. The molecule has 0 atom stereocenters. The van der Waals surface area contributed by atoms with Crippen molar-refractivity contribution in [2.75, 3.05) is 12.4 Å². The summed E-state index contributed by atoms with van der Waals surface area (Å²) in [4.78, 5) is 17.1. The van der Waals surface area contributed by atoms with E-state index in [1.807, 2.05) is 66.7 Å². The number of hydrogen-bond acceptors (Lipinski definition) is 4. The quantitative estimate of drug-likeness (QED) is 0.454. The number of rotatable bonds is 6. The first kappa shape index (κ1) is 18.9. The van der Waals surface area contributed by atoms with Gasteiger partial charge < -0.3 is 10.1 Å². The largest absolute Gasteiger partial charge is 0.496 e. The lowest BCUT2D eigenvalue weighted by atomic mass is 10.1. The number of amides is 1. The third kappa shape index (κ3) is 4.52. The zero-order chi connectivity index (χ0) is 20.1. The fraction of sp³-hybridized carbons (Fsp3) is 0.0833. The topological polar surface area (TPSA) is 51.2 Å². The Bertz CT molecular complexity index is 1110. The molecule has 4 rings (SSSR count). The van der Waals surface area contributed by atoms with Gasteiger partial charge in [0.15, 0.2) is 0 Å². The second-order valence-corrected chi connectivity index (χ2v) is 7.38. The van der Waals surface area contributed by atoms with E-state index in [4.69, 9.17) is 9.72 Å². The van der Waals surface area contributed by atoms with Crippen molar-refractivity contribution in [1.82, 2.24) is 4.98 Å². The van der Waals surface area contributed by atoms with Crippen molar-refractivity contribution >= 4 is 22.9 Å². The number of para-hydroxylation sites is 1. The van der Waals surface area contributed by atoms with Gasteiger partial charge in [0.1, 0.15) is 10.8 Å². The van der Waals surface area contributed by atoms with Crippen LogP contribution in [0.4, 0.5) is 5.69 Å². The molecule has 0 bridgehead atoms. The van der Waals surface area contributed by atoms with Gasteiger partial charge in [-0.2, -0.15) is 0 Å². The standard InChI is InChI=1S/C24H20N2O2S/c1-28-22-10-6-5-9-19(22)15-23(27)25-20-13-11-17(12-14-20)21-16-29-24(26-21)18-7-3-2-4-8-18/h2-14,16H,15H2,1H3,(H,25,27). The molecule has 4 aromatic rings. The van der Waals surface area contributed by atoms with Crippen LogP contribution < -0.4 is 10.1 Å². The van der Waals surface area contributed by atoms with E-state index < -0.39 is 0 Å². The molecule has 0 unspecified atom stereocenters. The van der Waals surface area contributed by atoms with Crippen LogP contribution in [0.1, 0.15) is 5.56 Å². The summed E-state index contributed by atoms with van der Waals surface area (Å²) in [6.45, 7) is 0. The zero-order valence-corrected chi connectivity index (χ0v) is 16.8. The van der Waals surface area contributed by atoms with Gasteiger partial charge in [-0.3, -0.25) is 4.79 Å². The van der Waals surface area contributed by atoms with Gasteiger partial charge in [0.2, 0.25) is 5.91 Å². The maximum absolute atomic E-state index is 12.4. The van der Waals surface area contributed by atoms with E-state index in [1.54, 1.807) is 18.4 Å². The van der Waals surface area contributed by atoms with E-state index >= 15 is 0 Å². The van der Waals surface area contributed by atoms with Crippen LogP contribution in [0.5, 0.6) is 5.75 Å². The van der Waals surface area contributed by atoms with Crippen molar-refractivity contribution in [3.05, 3.63) is 89.8 Å². The molecule has 4 nitrogen and oxygen atoms in total. The molecule has 1 N–H and O–H groups in total. The maximum Gasteiger partial charge on any atom is 0.228 e. The van der Waals surface area contributed by atoms with Gasteiger partial charge in [0.25, 0.3) is 0 Å². The van der Waals surface area contributed by atoms with E-state index in [2.05, 4.69) is 22.8 Å². The number of nitrogens with zero attached hydrogens (tertiary/aromatic N) is 1. The average molecular weight is 401 g/mol. The average Bonchev–Trinajstić information content (AvgIpc) is 3.25.